The van der Waals surface area contributed by atoms with Crippen LogP contribution in [0.5, 0.6) is 5.75 Å². The third-order valence-electron chi connectivity index (χ3n) is 3.59. The summed E-state index contributed by atoms with van der Waals surface area (Å²) in [5.74, 6) is 0.769. The predicted octanol–water partition coefficient (Wildman–Crippen LogP) is 1.80. The average molecular weight is 355 g/mol. The summed E-state index contributed by atoms with van der Waals surface area (Å²) in [5, 5.41) is 0. The van der Waals surface area contributed by atoms with Crippen LogP contribution in [0, 0.1) is 0 Å². The van der Waals surface area contributed by atoms with Gasteiger partial charge in [0.1, 0.15) is 5.75 Å². The SMILES string of the molecule is COc1ccc(C(=O)CN2CCCN(C)C(=O)C2)cc1Br. The second-order valence-electron chi connectivity index (χ2n) is 5.15. The summed E-state index contributed by atoms with van der Waals surface area (Å²) >= 11 is 3.38. The number of methoxy groups -OCH3 is 1. The van der Waals surface area contributed by atoms with Gasteiger partial charge in [-0.25, -0.2) is 0 Å². The molecule has 1 aliphatic heterocycles. The second kappa shape index (κ2) is 7.04. The molecule has 1 aromatic rings. The number of ketones is 1. The summed E-state index contributed by atoms with van der Waals surface area (Å²) in [5.41, 5.74) is 0.618. The normalized spacial score (nSPS) is 16.7. The van der Waals surface area contributed by atoms with Gasteiger partial charge in [0.15, 0.2) is 5.78 Å². The van der Waals surface area contributed by atoms with E-state index in [1.54, 1.807) is 37.3 Å². The zero-order chi connectivity index (χ0) is 15.4. The summed E-state index contributed by atoms with van der Waals surface area (Å²) in [7, 11) is 3.38. The monoisotopic (exact) mass is 354 g/mol. The molecule has 5 nitrogen and oxygen atoms in total. The molecule has 6 heteroatoms. The zero-order valence-electron chi connectivity index (χ0n) is 12.3. The van der Waals surface area contributed by atoms with Crippen molar-refractivity contribution in [3.63, 3.8) is 0 Å². The molecule has 0 N–H and O–H groups in total. The van der Waals surface area contributed by atoms with Crippen LogP contribution in [0.25, 0.3) is 0 Å². The summed E-state index contributed by atoms with van der Waals surface area (Å²) in [6, 6.07) is 5.27. The van der Waals surface area contributed by atoms with Crippen LogP contribution >= 0.6 is 15.9 Å². The smallest absolute Gasteiger partial charge is 0.236 e. The van der Waals surface area contributed by atoms with Crippen LogP contribution in [-0.2, 0) is 4.79 Å². The number of hydrogen-bond acceptors (Lipinski definition) is 4. The van der Waals surface area contributed by atoms with Crippen molar-refractivity contribution in [1.82, 2.24) is 9.80 Å². The fourth-order valence-electron chi connectivity index (χ4n) is 2.32. The molecule has 0 spiro atoms. The first-order valence-electron chi connectivity index (χ1n) is 6.84. The minimum Gasteiger partial charge on any atom is -0.496 e. The van der Waals surface area contributed by atoms with Crippen molar-refractivity contribution < 1.29 is 14.3 Å². The number of nitrogens with zero attached hydrogens (tertiary/aromatic N) is 2. The van der Waals surface area contributed by atoms with E-state index in [0.29, 0.717) is 17.9 Å². The van der Waals surface area contributed by atoms with E-state index in [4.69, 9.17) is 4.74 Å². The Morgan fingerprint density at radius 2 is 2.14 bits per heavy atom. The Bertz CT molecular complexity index is 548. The Balaban J connectivity index is 2.04. The quantitative estimate of drug-likeness (QED) is 0.773. The molecule has 0 saturated carbocycles. The molecule has 0 aliphatic carbocycles. The highest BCUT2D eigenvalue weighted by Crippen LogP contribution is 2.25. The number of carbonyl (C=O) groups excluding carboxylic acids is 2. The van der Waals surface area contributed by atoms with Gasteiger partial charge in [0, 0.05) is 25.7 Å². The Morgan fingerprint density at radius 3 is 2.81 bits per heavy atom. The number of ether oxygens (including phenoxy) is 1. The zero-order valence-corrected chi connectivity index (χ0v) is 13.9. The van der Waals surface area contributed by atoms with Crippen LogP contribution in [0.3, 0.4) is 0 Å². The molecule has 0 unspecified atom stereocenters. The van der Waals surface area contributed by atoms with Crippen molar-refractivity contribution in [2.45, 2.75) is 6.42 Å². The topological polar surface area (TPSA) is 49.9 Å². The van der Waals surface area contributed by atoms with Gasteiger partial charge in [-0.2, -0.15) is 0 Å². The van der Waals surface area contributed by atoms with Crippen molar-refractivity contribution in [1.29, 1.82) is 0 Å². The van der Waals surface area contributed by atoms with Crippen LogP contribution in [0.4, 0.5) is 0 Å². The highest BCUT2D eigenvalue weighted by molar-refractivity contribution is 9.10. The fraction of sp³-hybridized carbons (Fsp3) is 0.467. The number of halogens is 1. The van der Waals surface area contributed by atoms with Gasteiger partial charge >= 0.3 is 0 Å². The number of amides is 1. The molecule has 1 aliphatic rings. The van der Waals surface area contributed by atoms with Gasteiger partial charge in [-0.3, -0.25) is 14.5 Å². The summed E-state index contributed by atoms with van der Waals surface area (Å²) in [6.45, 7) is 2.08. The minimum atomic E-state index is 0.00991. The lowest BCUT2D eigenvalue weighted by atomic mass is 10.1. The van der Waals surface area contributed by atoms with Crippen molar-refractivity contribution in [2.24, 2.45) is 0 Å². The molecule has 2 rings (SSSR count). The molecule has 1 aromatic carbocycles. The molecule has 1 saturated heterocycles. The van der Waals surface area contributed by atoms with Crippen LogP contribution in [0.1, 0.15) is 16.8 Å². The number of Topliss-reactive ketones (excluding diaryl/α,β-unsaturated/α-hetero) is 1. The largest absolute Gasteiger partial charge is 0.496 e. The first-order chi connectivity index (χ1) is 10.0. The molecular weight excluding hydrogens is 336 g/mol. The van der Waals surface area contributed by atoms with E-state index >= 15 is 0 Å². The predicted molar refractivity (Wildman–Crippen MR) is 83.7 cm³/mol. The van der Waals surface area contributed by atoms with E-state index in [9.17, 15) is 9.59 Å². The van der Waals surface area contributed by atoms with Gasteiger partial charge in [0.2, 0.25) is 5.91 Å². The maximum atomic E-state index is 12.3. The average Bonchev–Trinajstić information content (AvgIpc) is 2.60. The first-order valence-corrected chi connectivity index (χ1v) is 7.63. The van der Waals surface area contributed by atoms with Crippen molar-refractivity contribution in [2.75, 3.05) is 40.3 Å². The highest BCUT2D eigenvalue weighted by Gasteiger charge is 2.21. The molecule has 1 fully saturated rings. The molecule has 1 amide bonds. The lowest BCUT2D eigenvalue weighted by molar-refractivity contribution is -0.129. The number of hydrogen-bond donors (Lipinski definition) is 0. The van der Waals surface area contributed by atoms with E-state index in [1.807, 2.05) is 4.90 Å². The van der Waals surface area contributed by atoms with E-state index in [1.165, 1.54) is 0 Å². The fourth-order valence-corrected chi connectivity index (χ4v) is 2.86. The van der Waals surface area contributed by atoms with E-state index in [2.05, 4.69) is 15.9 Å². The number of benzene rings is 1. The lowest BCUT2D eigenvalue weighted by Crippen LogP contribution is -2.37. The Kier molecular flexibility index (Phi) is 5.36. The molecule has 0 radical (unpaired) electrons. The van der Waals surface area contributed by atoms with Gasteiger partial charge in [-0.1, -0.05) is 0 Å². The summed E-state index contributed by atoms with van der Waals surface area (Å²) < 4.78 is 5.91. The van der Waals surface area contributed by atoms with Gasteiger partial charge < -0.3 is 9.64 Å². The summed E-state index contributed by atoms with van der Waals surface area (Å²) in [6.07, 6.45) is 0.891. The summed E-state index contributed by atoms with van der Waals surface area (Å²) in [4.78, 5) is 27.8. The molecule has 0 atom stereocenters. The molecule has 114 valence electrons. The molecule has 21 heavy (non-hydrogen) atoms. The third-order valence-corrected chi connectivity index (χ3v) is 4.21. The molecular formula is C15H19BrN2O3. The van der Waals surface area contributed by atoms with Gasteiger partial charge in [-0.15, -0.1) is 0 Å². The van der Waals surface area contributed by atoms with Crippen LogP contribution in [-0.4, -0.2) is 61.8 Å². The molecule has 1 heterocycles. The second-order valence-corrected chi connectivity index (χ2v) is 6.01. The Hall–Kier alpha value is -1.40. The van der Waals surface area contributed by atoms with E-state index in [-0.39, 0.29) is 18.2 Å². The number of likely N-dealkylation sites (N-methyl/N-ethyl adjacent to an activating group) is 1. The van der Waals surface area contributed by atoms with Crippen molar-refractivity contribution in [3.05, 3.63) is 28.2 Å². The number of carbonyl (C=O) groups is 2. The van der Waals surface area contributed by atoms with Crippen LogP contribution in [0.2, 0.25) is 0 Å². The van der Waals surface area contributed by atoms with Crippen LogP contribution in [0.15, 0.2) is 22.7 Å². The van der Waals surface area contributed by atoms with Crippen LogP contribution < -0.4 is 4.74 Å². The maximum Gasteiger partial charge on any atom is 0.236 e. The van der Waals surface area contributed by atoms with Crippen molar-refractivity contribution >= 4 is 27.6 Å². The van der Waals surface area contributed by atoms with E-state index in [0.717, 1.165) is 24.0 Å². The minimum absolute atomic E-state index is 0.00991. The van der Waals surface area contributed by atoms with Gasteiger partial charge in [0.05, 0.1) is 24.7 Å². The van der Waals surface area contributed by atoms with E-state index < -0.39 is 0 Å². The maximum absolute atomic E-state index is 12.3. The Morgan fingerprint density at radius 1 is 1.38 bits per heavy atom. The standard InChI is InChI=1S/C15H19BrN2O3/c1-17-6-3-7-18(10-15(17)20)9-13(19)11-4-5-14(21-2)12(16)8-11/h4-5,8H,3,6-7,9-10H2,1-2H3. The molecule has 0 bridgehead atoms. The number of rotatable bonds is 4. The van der Waals surface area contributed by atoms with Crippen molar-refractivity contribution in [3.8, 4) is 5.75 Å². The lowest BCUT2D eigenvalue weighted by Gasteiger charge is -2.18. The highest BCUT2D eigenvalue weighted by atomic mass is 79.9. The third kappa shape index (κ3) is 4.04. The first kappa shape index (κ1) is 16.0. The van der Waals surface area contributed by atoms with Gasteiger partial charge in [0.25, 0.3) is 0 Å². The molecule has 0 aromatic heterocycles. The Labute approximate surface area is 133 Å². The van der Waals surface area contributed by atoms with Gasteiger partial charge in [-0.05, 0) is 40.5 Å².